The fourth-order valence-electron chi connectivity index (χ4n) is 5.79. The molecular formula is C39H46B2N4O6. The third-order valence-electron chi connectivity index (χ3n) is 10.3. The number of hydrogen-bond acceptors (Lipinski definition) is 6. The Morgan fingerprint density at radius 1 is 0.471 bits per heavy atom. The summed E-state index contributed by atoms with van der Waals surface area (Å²) in [5.74, 6) is 0. The number of anilines is 4. The highest BCUT2D eigenvalue weighted by Gasteiger charge is 2.53. The molecule has 2 aliphatic rings. The number of para-hydroxylation sites is 2. The van der Waals surface area contributed by atoms with E-state index in [9.17, 15) is 9.59 Å². The Labute approximate surface area is 301 Å². The van der Waals surface area contributed by atoms with Gasteiger partial charge in [-0.2, -0.15) is 0 Å². The summed E-state index contributed by atoms with van der Waals surface area (Å²) in [5.41, 5.74) is 4.25. The molecule has 0 atom stereocenters. The first kappa shape index (κ1) is 36.2. The normalized spacial score (nSPS) is 18.3. The molecule has 4 aromatic rings. The smallest absolute Gasteiger partial charge is 0.399 e. The highest BCUT2D eigenvalue weighted by molar-refractivity contribution is 6.64. The maximum atomic E-state index is 13.0. The van der Waals surface area contributed by atoms with Crippen molar-refractivity contribution in [3.8, 4) is 0 Å². The third-order valence-corrected chi connectivity index (χ3v) is 10.3. The monoisotopic (exact) mass is 688 g/mol. The van der Waals surface area contributed by atoms with Gasteiger partial charge in [0.2, 0.25) is 0 Å². The molecule has 10 nitrogen and oxygen atoms in total. The quantitative estimate of drug-likeness (QED) is 0.146. The summed E-state index contributed by atoms with van der Waals surface area (Å²) in [4.78, 5) is 25.9. The summed E-state index contributed by atoms with van der Waals surface area (Å²) < 4.78 is 24.8. The van der Waals surface area contributed by atoms with Crippen molar-refractivity contribution in [1.82, 2.24) is 0 Å². The van der Waals surface area contributed by atoms with Crippen LogP contribution in [0.25, 0.3) is 0 Å². The van der Waals surface area contributed by atoms with Crippen molar-refractivity contribution in [1.29, 1.82) is 0 Å². The highest BCUT2D eigenvalue weighted by Crippen LogP contribution is 2.38. The Morgan fingerprint density at radius 2 is 0.784 bits per heavy atom. The number of nitrogens with one attached hydrogen (secondary N) is 4. The van der Waals surface area contributed by atoms with Crippen molar-refractivity contribution >= 4 is 60.0 Å². The van der Waals surface area contributed by atoms with Gasteiger partial charge in [0, 0.05) is 33.7 Å². The first-order chi connectivity index (χ1) is 24.0. The summed E-state index contributed by atoms with van der Waals surface area (Å²) in [6, 6.07) is 29.6. The summed E-state index contributed by atoms with van der Waals surface area (Å²) in [6.07, 6.45) is 0.682. The molecule has 2 saturated heterocycles. The van der Waals surface area contributed by atoms with E-state index in [1.54, 1.807) is 0 Å². The fourth-order valence-corrected chi connectivity index (χ4v) is 5.79. The number of rotatable bonds is 8. The topological polar surface area (TPSA) is 119 Å². The van der Waals surface area contributed by atoms with E-state index in [0.717, 1.165) is 22.1 Å². The van der Waals surface area contributed by atoms with Gasteiger partial charge in [-0.05, 0) is 109 Å². The van der Waals surface area contributed by atoms with Gasteiger partial charge in [-0.3, -0.25) is 0 Å². The molecular weight excluding hydrogens is 642 g/mol. The second kappa shape index (κ2) is 13.8. The Balaban J connectivity index is 1.01. The predicted molar refractivity (Wildman–Crippen MR) is 205 cm³/mol. The molecule has 12 heteroatoms. The second-order valence-electron chi connectivity index (χ2n) is 15.1. The van der Waals surface area contributed by atoms with Crippen LogP contribution < -0.4 is 32.2 Å². The first-order valence-corrected chi connectivity index (χ1v) is 17.2. The van der Waals surface area contributed by atoms with Crippen LogP contribution in [-0.2, 0) is 25.0 Å². The fraction of sp³-hybridized carbons (Fsp3) is 0.333. The molecule has 264 valence electrons. The lowest BCUT2D eigenvalue weighted by Crippen LogP contribution is -2.41. The minimum Gasteiger partial charge on any atom is -0.399 e. The molecule has 0 unspecified atom stereocenters. The molecule has 0 saturated carbocycles. The van der Waals surface area contributed by atoms with Crippen molar-refractivity contribution in [2.24, 2.45) is 0 Å². The summed E-state index contributed by atoms with van der Waals surface area (Å²) in [6.45, 7) is 16.0. The van der Waals surface area contributed by atoms with Crippen molar-refractivity contribution in [2.45, 2.75) is 84.2 Å². The van der Waals surface area contributed by atoms with Gasteiger partial charge in [0.05, 0.1) is 22.4 Å². The summed E-state index contributed by atoms with van der Waals surface area (Å²) >= 11 is 0. The molecule has 2 fully saturated rings. The summed E-state index contributed by atoms with van der Waals surface area (Å²) in [7, 11) is -1.19. The molecule has 0 aliphatic carbocycles. The lowest BCUT2D eigenvalue weighted by molar-refractivity contribution is 0.00578. The van der Waals surface area contributed by atoms with Crippen LogP contribution in [0.1, 0.15) is 66.5 Å². The Bertz CT molecular complexity index is 1730. The number of urea groups is 2. The van der Waals surface area contributed by atoms with Crippen LogP contribution in [0, 0.1) is 0 Å². The molecule has 0 aromatic heterocycles. The van der Waals surface area contributed by atoms with E-state index in [2.05, 4.69) is 21.3 Å². The van der Waals surface area contributed by atoms with E-state index in [1.807, 2.05) is 152 Å². The molecule has 4 amide bonds. The van der Waals surface area contributed by atoms with Gasteiger partial charge in [0.15, 0.2) is 0 Å². The van der Waals surface area contributed by atoms with Crippen molar-refractivity contribution < 1.29 is 28.2 Å². The number of hydrogen-bond donors (Lipinski definition) is 4. The van der Waals surface area contributed by atoms with Gasteiger partial charge >= 0.3 is 26.3 Å². The van der Waals surface area contributed by atoms with E-state index in [4.69, 9.17) is 18.6 Å². The molecule has 6 rings (SSSR count). The minimum absolute atomic E-state index is 0.365. The minimum atomic E-state index is -0.594. The zero-order chi connectivity index (χ0) is 36.6. The van der Waals surface area contributed by atoms with Crippen molar-refractivity contribution in [3.63, 3.8) is 0 Å². The van der Waals surface area contributed by atoms with Crippen molar-refractivity contribution in [2.75, 3.05) is 21.3 Å². The van der Waals surface area contributed by atoms with Crippen LogP contribution in [0.3, 0.4) is 0 Å². The number of carbonyl (C=O) groups is 2. The molecule has 2 heterocycles. The number of benzene rings is 4. The average molecular weight is 688 g/mol. The number of carbonyl (C=O) groups excluding carboxylic acids is 2. The van der Waals surface area contributed by atoms with Crippen LogP contribution in [0.15, 0.2) is 97.1 Å². The lowest BCUT2D eigenvalue weighted by atomic mass is 9.78. The second-order valence-corrected chi connectivity index (χ2v) is 15.1. The highest BCUT2D eigenvalue weighted by atomic mass is 16.7. The molecule has 0 spiro atoms. The molecule has 4 N–H and O–H groups in total. The van der Waals surface area contributed by atoms with Crippen LogP contribution in [0.2, 0.25) is 0 Å². The first-order valence-electron chi connectivity index (χ1n) is 17.2. The van der Waals surface area contributed by atoms with Crippen molar-refractivity contribution in [3.05, 3.63) is 108 Å². The zero-order valence-electron chi connectivity index (χ0n) is 30.5. The van der Waals surface area contributed by atoms with Gasteiger partial charge in [-0.25, -0.2) is 9.59 Å². The molecule has 0 bridgehead atoms. The van der Waals surface area contributed by atoms with E-state index in [1.165, 1.54) is 0 Å². The standard InChI is InChI=1S/C39H46B2N4O6/c1-36(2)37(3,4)49-40(48-36)30-13-9-11-15-32(30)44-34(46)42-28-21-17-26(18-22-28)25-27-19-23-29(24-20-27)43-35(47)45-33-16-12-10-14-31(33)41-50-38(5,6)39(7,8)51-41/h9-24H,25H2,1-8H3,(H2,42,44,46)(H2,43,45,47). The van der Waals surface area contributed by atoms with Gasteiger partial charge < -0.3 is 39.9 Å². The maximum absolute atomic E-state index is 13.0. The van der Waals surface area contributed by atoms with Gasteiger partial charge in [0.25, 0.3) is 0 Å². The SMILES string of the molecule is CC1(C)OB(c2ccccc2NC(=O)Nc2ccc(Cc3ccc(NC(=O)Nc4ccccc4B4OC(C)(C)C(C)(C)O4)cc3)cc2)OC1(C)C. The predicted octanol–water partition coefficient (Wildman–Crippen LogP) is 7.16. The Hall–Kier alpha value is -4.61. The molecule has 0 radical (unpaired) electrons. The third kappa shape index (κ3) is 7.99. The molecule has 4 aromatic carbocycles. The van der Waals surface area contributed by atoms with E-state index in [-0.39, 0.29) is 12.1 Å². The van der Waals surface area contributed by atoms with Gasteiger partial charge in [-0.1, -0.05) is 60.7 Å². The maximum Gasteiger partial charge on any atom is 0.496 e. The molecule has 51 heavy (non-hydrogen) atoms. The van der Waals surface area contributed by atoms with Crippen LogP contribution >= 0.6 is 0 Å². The summed E-state index contributed by atoms with van der Waals surface area (Å²) in [5, 5.41) is 11.7. The van der Waals surface area contributed by atoms with Gasteiger partial charge in [0.1, 0.15) is 0 Å². The van der Waals surface area contributed by atoms with E-state index in [0.29, 0.717) is 29.2 Å². The lowest BCUT2D eigenvalue weighted by Gasteiger charge is -2.32. The molecule has 2 aliphatic heterocycles. The van der Waals surface area contributed by atoms with E-state index < -0.39 is 36.6 Å². The van der Waals surface area contributed by atoms with E-state index >= 15 is 0 Å². The van der Waals surface area contributed by atoms with Crippen LogP contribution in [-0.4, -0.2) is 48.7 Å². The average Bonchev–Trinajstić information content (AvgIpc) is 3.42. The van der Waals surface area contributed by atoms with Crippen LogP contribution in [0.5, 0.6) is 0 Å². The Morgan fingerprint density at radius 3 is 1.12 bits per heavy atom. The Kier molecular flexibility index (Phi) is 9.82. The van der Waals surface area contributed by atoms with Crippen LogP contribution in [0.4, 0.5) is 32.3 Å². The largest absolute Gasteiger partial charge is 0.496 e. The number of amides is 4. The van der Waals surface area contributed by atoms with Gasteiger partial charge in [-0.15, -0.1) is 0 Å². The zero-order valence-corrected chi connectivity index (χ0v) is 30.5.